The number of nitrogens with one attached hydrogen (secondary N) is 1. The Labute approximate surface area is 133 Å². The van der Waals surface area contributed by atoms with Gasteiger partial charge in [0.2, 0.25) is 0 Å². The molecule has 0 bridgehead atoms. The zero-order valence-corrected chi connectivity index (χ0v) is 13.8. The fourth-order valence-corrected chi connectivity index (χ4v) is 3.27. The Morgan fingerprint density at radius 1 is 1.55 bits per heavy atom. The molecule has 1 aromatic rings. The van der Waals surface area contributed by atoms with E-state index in [0.29, 0.717) is 15.2 Å². The van der Waals surface area contributed by atoms with E-state index in [1.807, 2.05) is 27.5 Å². The molecule has 20 heavy (non-hydrogen) atoms. The molecule has 3 nitrogen and oxygen atoms in total. The van der Waals surface area contributed by atoms with Gasteiger partial charge in [-0.3, -0.25) is 4.79 Å². The molecule has 1 aromatic carbocycles. The van der Waals surface area contributed by atoms with Crippen LogP contribution < -0.4 is 5.32 Å². The zero-order valence-electron chi connectivity index (χ0n) is 11.7. The van der Waals surface area contributed by atoms with E-state index in [9.17, 15) is 9.18 Å². The van der Waals surface area contributed by atoms with Crippen molar-refractivity contribution in [3.63, 3.8) is 0 Å². The highest BCUT2D eigenvalue weighted by molar-refractivity contribution is 14.1. The van der Waals surface area contributed by atoms with Gasteiger partial charge in [-0.05, 0) is 66.6 Å². The quantitative estimate of drug-likeness (QED) is 0.785. The van der Waals surface area contributed by atoms with E-state index in [1.165, 1.54) is 18.6 Å². The first-order chi connectivity index (χ1) is 9.61. The number of halogens is 2. The van der Waals surface area contributed by atoms with E-state index >= 15 is 0 Å². The maximum absolute atomic E-state index is 13.1. The van der Waals surface area contributed by atoms with Crippen LogP contribution in [0.2, 0.25) is 0 Å². The first kappa shape index (κ1) is 15.7. The summed E-state index contributed by atoms with van der Waals surface area (Å²) in [6, 6.07) is 4.74. The van der Waals surface area contributed by atoms with Crippen LogP contribution in [0.15, 0.2) is 18.2 Å². The van der Waals surface area contributed by atoms with Gasteiger partial charge in [0.15, 0.2) is 0 Å². The molecule has 0 aliphatic carbocycles. The maximum Gasteiger partial charge on any atom is 0.254 e. The summed E-state index contributed by atoms with van der Waals surface area (Å²) >= 11 is 2.02. The van der Waals surface area contributed by atoms with Crippen LogP contribution in [0.3, 0.4) is 0 Å². The van der Waals surface area contributed by atoms with Crippen molar-refractivity contribution in [1.82, 2.24) is 10.2 Å². The second kappa shape index (κ2) is 7.36. The van der Waals surface area contributed by atoms with Crippen molar-refractivity contribution in [2.24, 2.45) is 0 Å². The van der Waals surface area contributed by atoms with Gasteiger partial charge in [-0.25, -0.2) is 4.39 Å². The highest BCUT2D eigenvalue weighted by Gasteiger charge is 2.23. The Balaban J connectivity index is 2.12. The lowest BCUT2D eigenvalue weighted by atomic mass is 10.1. The lowest BCUT2D eigenvalue weighted by Gasteiger charge is -2.26. The topological polar surface area (TPSA) is 32.3 Å². The van der Waals surface area contributed by atoms with E-state index in [2.05, 4.69) is 12.2 Å². The third-order valence-electron chi connectivity index (χ3n) is 3.55. The molecule has 1 saturated heterocycles. The molecule has 0 saturated carbocycles. The predicted octanol–water partition coefficient (Wildman–Crippen LogP) is 3.03. The highest BCUT2D eigenvalue weighted by atomic mass is 127. The van der Waals surface area contributed by atoms with Gasteiger partial charge >= 0.3 is 0 Å². The summed E-state index contributed by atoms with van der Waals surface area (Å²) in [4.78, 5) is 14.5. The molecule has 1 fully saturated rings. The van der Waals surface area contributed by atoms with Crippen molar-refractivity contribution in [1.29, 1.82) is 0 Å². The average molecular weight is 390 g/mol. The van der Waals surface area contributed by atoms with Gasteiger partial charge < -0.3 is 10.2 Å². The van der Waals surface area contributed by atoms with E-state index in [-0.39, 0.29) is 11.7 Å². The Hall–Kier alpha value is -0.690. The van der Waals surface area contributed by atoms with Crippen molar-refractivity contribution < 1.29 is 9.18 Å². The molecule has 0 aromatic heterocycles. The Morgan fingerprint density at radius 3 is 2.95 bits per heavy atom. The number of hydrogen-bond donors (Lipinski definition) is 1. The van der Waals surface area contributed by atoms with Crippen molar-refractivity contribution >= 4 is 28.5 Å². The van der Waals surface area contributed by atoms with Gasteiger partial charge in [-0.15, -0.1) is 0 Å². The van der Waals surface area contributed by atoms with Crippen LogP contribution in [0, 0.1) is 9.39 Å². The average Bonchev–Trinajstić information content (AvgIpc) is 2.90. The molecule has 110 valence electrons. The van der Waals surface area contributed by atoms with Crippen LogP contribution in [-0.2, 0) is 0 Å². The van der Waals surface area contributed by atoms with Gasteiger partial charge in [-0.1, -0.05) is 6.92 Å². The fraction of sp³-hybridized carbons (Fsp3) is 0.533. The molecule has 5 heteroatoms. The highest BCUT2D eigenvalue weighted by Crippen LogP contribution is 2.17. The molecule has 0 radical (unpaired) electrons. The minimum atomic E-state index is -0.301. The standard InChI is InChI=1S/C15H20FIN2O/c1-2-8-19(10-12-4-3-7-18-12)15(20)13-6-5-11(16)9-14(13)17/h5-6,9,12,18H,2-4,7-8,10H2,1H3. The predicted molar refractivity (Wildman–Crippen MR) is 86.3 cm³/mol. The van der Waals surface area contributed by atoms with Crippen LogP contribution in [-0.4, -0.2) is 36.5 Å². The van der Waals surface area contributed by atoms with E-state index in [0.717, 1.165) is 32.5 Å². The molecule has 1 amide bonds. The Bertz CT molecular complexity index is 475. The first-order valence-corrected chi connectivity index (χ1v) is 8.17. The van der Waals surface area contributed by atoms with Crippen LogP contribution in [0.4, 0.5) is 4.39 Å². The van der Waals surface area contributed by atoms with Gasteiger partial charge in [0, 0.05) is 22.7 Å². The Kier molecular flexibility index (Phi) is 5.77. The van der Waals surface area contributed by atoms with Crippen LogP contribution in [0.25, 0.3) is 0 Å². The summed E-state index contributed by atoms with van der Waals surface area (Å²) < 4.78 is 13.8. The molecule has 1 aliphatic rings. The number of hydrogen-bond acceptors (Lipinski definition) is 2. The minimum absolute atomic E-state index is 0.00458. The minimum Gasteiger partial charge on any atom is -0.337 e. The van der Waals surface area contributed by atoms with Crippen LogP contribution in [0.1, 0.15) is 36.5 Å². The van der Waals surface area contributed by atoms with Crippen molar-refractivity contribution in [2.75, 3.05) is 19.6 Å². The second-order valence-electron chi connectivity index (χ2n) is 5.17. The smallest absolute Gasteiger partial charge is 0.254 e. The summed E-state index contributed by atoms with van der Waals surface area (Å²) in [6.45, 7) is 4.58. The van der Waals surface area contributed by atoms with Gasteiger partial charge in [0.1, 0.15) is 5.82 Å². The zero-order chi connectivity index (χ0) is 14.5. The van der Waals surface area contributed by atoms with E-state index in [4.69, 9.17) is 0 Å². The number of amides is 1. The molecule has 1 N–H and O–H groups in total. The summed E-state index contributed by atoms with van der Waals surface area (Å²) in [5, 5.41) is 3.42. The molecule has 2 rings (SSSR count). The van der Waals surface area contributed by atoms with Crippen molar-refractivity contribution in [2.45, 2.75) is 32.2 Å². The molecule has 1 heterocycles. The third kappa shape index (κ3) is 3.91. The molecule has 1 unspecified atom stereocenters. The molecule has 1 aliphatic heterocycles. The largest absolute Gasteiger partial charge is 0.337 e. The monoisotopic (exact) mass is 390 g/mol. The number of benzene rings is 1. The number of carbonyl (C=O) groups is 1. The number of carbonyl (C=O) groups excluding carboxylic acids is 1. The van der Waals surface area contributed by atoms with Gasteiger partial charge in [0.05, 0.1) is 5.56 Å². The summed E-state index contributed by atoms with van der Waals surface area (Å²) in [7, 11) is 0. The third-order valence-corrected chi connectivity index (χ3v) is 4.44. The molecular formula is C15H20FIN2O. The van der Waals surface area contributed by atoms with E-state index in [1.54, 1.807) is 6.07 Å². The van der Waals surface area contributed by atoms with Gasteiger partial charge in [-0.2, -0.15) is 0 Å². The molecule has 1 atom stereocenters. The second-order valence-corrected chi connectivity index (χ2v) is 6.33. The number of rotatable bonds is 5. The number of nitrogens with zero attached hydrogens (tertiary/aromatic N) is 1. The lowest BCUT2D eigenvalue weighted by molar-refractivity contribution is 0.0740. The Morgan fingerprint density at radius 2 is 2.35 bits per heavy atom. The van der Waals surface area contributed by atoms with Crippen molar-refractivity contribution in [3.05, 3.63) is 33.1 Å². The van der Waals surface area contributed by atoms with Crippen LogP contribution in [0.5, 0.6) is 0 Å². The molecular weight excluding hydrogens is 370 g/mol. The summed E-state index contributed by atoms with van der Waals surface area (Å²) in [6.07, 6.45) is 3.22. The van der Waals surface area contributed by atoms with E-state index < -0.39 is 0 Å². The molecule has 0 spiro atoms. The maximum atomic E-state index is 13.1. The van der Waals surface area contributed by atoms with Crippen LogP contribution >= 0.6 is 22.6 Å². The normalized spacial score (nSPS) is 18.2. The lowest BCUT2D eigenvalue weighted by Crippen LogP contribution is -2.41. The fourth-order valence-electron chi connectivity index (χ4n) is 2.56. The summed E-state index contributed by atoms with van der Waals surface area (Å²) in [5.74, 6) is -0.296. The van der Waals surface area contributed by atoms with Gasteiger partial charge in [0.25, 0.3) is 5.91 Å². The summed E-state index contributed by atoms with van der Waals surface area (Å²) in [5.41, 5.74) is 0.596. The first-order valence-electron chi connectivity index (χ1n) is 7.09. The SMILES string of the molecule is CCCN(CC1CCCN1)C(=O)c1ccc(F)cc1I. The van der Waals surface area contributed by atoms with Crippen molar-refractivity contribution in [3.8, 4) is 0 Å².